The first-order valence-corrected chi connectivity index (χ1v) is 8.23. The lowest BCUT2D eigenvalue weighted by atomic mass is 9.77. The van der Waals surface area contributed by atoms with Crippen LogP contribution in [0.3, 0.4) is 0 Å². The molecule has 2 fully saturated rings. The lowest BCUT2D eigenvalue weighted by molar-refractivity contribution is -0.193. The van der Waals surface area contributed by atoms with Gasteiger partial charge in [-0.2, -0.15) is 5.10 Å². The summed E-state index contributed by atoms with van der Waals surface area (Å²) in [7, 11) is 1.88. The molecule has 7 nitrogen and oxygen atoms in total. The molecule has 0 unspecified atom stereocenters. The number of amides is 1. The van der Waals surface area contributed by atoms with E-state index < -0.39 is 5.60 Å². The molecule has 0 aromatic carbocycles. The molecule has 2 aliphatic heterocycles. The second-order valence-corrected chi connectivity index (χ2v) is 6.96. The number of hydrogen-bond acceptors (Lipinski definition) is 5. The molecule has 2 N–H and O–H groups in total. The van der Waals surface area contributed by atoms with Gasteiger partial charge in [0.25, 0.3) is 0 Å². The van der Waals surface area contributed by atoms with Crippen LogP contribution in [0.15, 0.2) is 18.5 Å². The monoisotopic (exact) mass is 322 g/mol. The molecule has 0 radical (unpaired) electrons. The van der Waals surface area contributed by atoms with Crippen LogP contribution in [0.1, 0.15) is 26.2 Å². The van der Waals surface area contributed by atoms with Crippen molar-refractivity contribution in [1.29, 1.82) is 0 Å². The van der Waals surface area contributed by atoms with Gasteiger partial charge >= 0.3 is 0 Å². The highest BCUT2D eigenvalue weighted by Gasteiger charge is 2.48. The van der Waals surface area contributed by atoms with Crippen molar-refractivity contribution in [3.63, 3.8) is 0 Å². The third-order valence-electron chi connectivity index (χ3n) is 5.23. The zero-order chi connectivity index (χ0) is 16.5. The molecular formula is C16H26N4O3. The summed E-state index contributed by atoms with van der Waals surface area (Å²) in [4.78, 5) is 14.2. The Bertz CT molecular complexity index is 536. The number of likely N-dealkylation sites (N-methyl/N-ethyl adjacent to an activating group) is 1. The minimum absolute atomic E-state index is 0.0163. The summed E-state index contributed by atoms with van der Waals surface area (Å²) in [5.74, 6) is 0.0940. The molecule has 2 aliphatic rings. The fourth-order valence-corrected chi connectivity index (χ4v) is 3.61. The summed E-state index contributed by atoms with van der Waals surface area (Å²) in [5, 5.41) is 17.7. The minimum Gasteiger partial charge on any atom is -0.386 e. The zero-order valence-corrected chi connectivity index (χ0v) is 13.9. The number of carbonyl (C=O) groups is 1. The van der Waals surface area contributed by atoms with E-state index in [1.807, 2.05) is 24.9 Å². The van der Waals surface area contributed by atoms with Gasteiger partial charge in [0.15, 0.2) is 0 Å². The Morgan fingerprint density at radius 3 is 2.83 bits per heavy atom. The zero-order valence-electron chi connectivity index (χ0n) is 13.9. The van der Waals surface area contributed by atoms with Crippen LogP contribution in [-0.2, 0) is 16.1 Å². The van der Waals surface area contributed by atoms with Crippen LogP contribution < -0.4 is 5.32 Å². The highest BCUT2D eigenvalue weighted by molar-refractivity contribution is 5.76. The molecule has 128 valence electrons. The molecule has 0 bridgehead atoms. The number of aromatic nitrogens is 2. The molecule has 1 aromatic heterocycles. The van der Waals surface area contributed by atoms with Gasteiger partial charge in [-0.15, -0.1) is 0 Å². The highest BCUT2D eigenvalue weighted by Crippen LogP contribution is 2.38. The van der Waals surface area contributed by atoms with Gasteiger partial charge in [-0.05, 0) is 39.3 Å². The number of hydrogen-bond donors (Lipinski definition) is 2. The van der Waals surface area contributed by atoms with Gasteiger partial charge in [-0.3, -0.25) is 9.48 Å². The van der Waals surface area contributed by atoms with Crippen LogP contribution >= 0.6 is 0 Å². The number of aliphatic hydroxyl groups is 1. The van der Waals surface area contributed by atoms with E-state index in [1.165, 1.54) is 0 Å². The smallest absolute Gasteiger partial charge is 0.244 e. The Hall–Kier alpha value is -1.44. The summed E-state index contributed by atoms with van der Waals surface area (Å²) in [6, 6.07) is 1.83. The van der Waals surface area contributed by atoms with Crippen molar-refractivity contribution in [1.82, 2.24) is 20.0 Å². The Balaban J connectivity index is 1.57. The van der Waals surface area contributed by atoms with Gasteiger partial charge in [-0.1, -0.05) is 0 Å². The van der Waals surface area contributed by atoms with Gasteiger partial charge in [-0.25, -0.2) is 0 Å². The van der Waals surface area contributed by atoms with Gasteiger partial charge in [0.1, 0.15) is 12.1 Å². The molecule has 7 heteroatoms. The maximum Gasteiger partial charge on any atom is 0.244 e. The highest BCUT2D eigenvalue weighted by atomic mass is 16.5. The van der Waals surface area contributed by atoms with E-state index in [2.05, 4.69) is 10.4 Å². The molecule has 1 aromatic rings. The number of nitrogens with zero attached hydrogens (tertiary/aromatic N) is 3. The van der Waals surface area contributed by atoms with Crippen molar-refractivity contribution < 1.29 is 14.6 Å². The van der Waals surface area contributed by atoms with Crippen LogP contribution in [-0.4, -0.2) is 69.7 Å². The topological polar surface area (TPSA) is 79.6 Å². The number of rotatable bonds is 3. The SMILES string of the molecule is CN[C@H]1CC2(CCN(C(=O)Cn3cccn3)CC2)OC[C@]1(C)O. The standard InChI is InChI=1S/C16H26N4O3/c1-15(22)12-23-16(10-13(15)17-2)4-8-19(9-5-16)14(21)11-20-7-3-6-18-20/h3,6-7,13,17,22H,4-5,8-12H2,1-2H3/t13-,15-/m0/s1. The van der Waals surface area contributed by atoms with E-state index in [-0.39, 0.29) is 24.1 Å². The molecule has 1 amide bonds. The molecule has 1 spiro atoms. The lowest BCUT2D eigenvalue weighted by Gasteiger charge is -2.50. The first-order chi connectivity index (χ1) is 10.9. The lowest BCUT2D eigenvalue weighted by Crippen LogP contribution is -2.62. The Labute approximate surface area is 136 Å². The fourth-order valence-electron chi connectivity index (χ4n) is 3.61. The van der Waals surface area contributed by atoms with Crippen LogP contribution in [0, 0.1) is 0 Å². The third-order valence-corrected chi connectivity index (χ3v) is 5.23. The van der Waals surface area contributed by atoms with Gasteiger partial charge in [0.05, 0.1) is 12.2 Å². The second-order valence-electron chi connectivity index (χ2n) is 6.96. The van der Waals surface area contributed by atoms with Crippen molar-refractivity contribution in [3.05, 3.63) is 18.5 Å². The Morgan fingerprint density at radius 1 is 1.48 bits per heavy atom. The third kappa shape index (κ3) is 3.41. The molecule has 2 atom stereocenters. The van der Waals surface area contributed by atoms with E-state index in [1.54, 1.807) is 17.1 Å². The Morgan fingerprint density at radius 2 is 2.22 bits per heavy atom. The number of likely N-dealkylation sites (tertiary alicyclic amines) is 1. The largest absolute Gasteiger partial charge is 0.386 e. The molecule has 3 rings (SSSR count). The average Bonchev–Trinajstić information content (AvgIpc) is 3.03. The van der Waals surface area contributed by atoms with Gasteiger partial charge < -0.3 is 20.1 Å². The predicted molar refractivity (Wildman–Crippen MR) is 84.8 cm³/mol. The maximum atomic E-state index is 12.3. The van der Waals surface area contributed by atoms with Crippen LogP contribution in [0.4, 0.5) is 0 Å². The van der Waals surface area contributed by atoms with Crippen molar-refractivity contribution in [2.75, 3.05) is 26.7 Å². The maximum absolute atomic E-state index is 12.3. The van der Waals surface area contributed by atoms with Gasteiger partial charge in [0.2, 0.25) is 5.91 Å². The van der Waals surface area contributed by atoms with Crippen LogP contribution in [0.25, 0.3) is 0 Å². The summed E-state index contributed by atoms with van der Waals surface area (Å²) < 4.78 is 7.69. The summed E-state index contributed by atoms with van der Waals surface area (Å²) in [5.41, 5.74) is -1.06. The van der Waals surface area contributed by atoms with Crippen LogP contribution in [0.5, 0.6) is 0 Å². The van der Waals surface area contributed by atoms with Crippen molar-refractivity contribution in [2.45, 2.75) is 50.0 Å². The summed E-state index contributed by atoms with van der Waals surface area (Å²) in [6.07, 6.45) is 5.88. The van der Waals surface area contributed by atoms with E-state index in [0.29, 0.717) is 19.7 Å². The van der Waals surface area contributed by atoms with Crippen molar-refractivity contribution in [2.24, 2.45) is 0 Å². The summed E-state index contributed by atoms with van der Waals surface area (Å²) >= 11 is 0. The minimum atomic E-state index is -0.840. The molecule has 3 heterocycles. The van der Waals surface area contributed by atoms with E-state index in [4.69, 9.17) is 4.74 Å². The number of ether oxygens (including phenoxy) is 1. The molecular weight excluding hydrogens is 296 g/mol. The normalized spacial score (nSPS) is 30.6. The van der Waals surface area contributed by atoms with Crippen LogP contribution in [0.2, 0.25) is 0 Å². The Kier molecular flexibility index (Phi) is 4.44. The average molecular weight is 322 g/mol. The number of piperidine rings is 1. The first kappa shape index (κ1) is 16.4. The summed E-state index contributed by atoms with van der Waals surface area (Å²) in [6.45, 7) is 3.82. The molecule has 0 saturated carbocycles. The van der Waals surface area contributed by atoms with Gasteiger partial charge in [0, 0.05) is 31.5 Å². The number of nitrogens with one attached hydrogen (secondary N) is 1. The van der Waals surface area contributed by atoms with Crippen molar-refractivity contribution in [3.8, 4) is 0 Å². The second kappa shape index (κ2) is 6.22. The number of carbonyl (C=O) groups excluding carboxylic acids is 1. The van der Waals surface area contributed by atoms with E-state index >= 15 is 0 Å². The van der Waals surface area contributed by atoms with Crippen molar-refractivity contribution >= 4 is 5.91 Å². The quantitative estimate of drug-likeness (QED) is 0.819. The van der Waals surface area contributed by atoms with E-state index in [0.717, 1.165) is 19.3 Å². The first-order valence-electron chi connectivity index (χ1n) is 8.23. The molecule has 0 aliphatic carbocycles. The molecule has 23 heavy (non-hydrogen) atoms. The molecule has 2 saturated heterocycles. The van der Waals surface area contributed by atoms with E-state index in [9.17, 15) is 9.90 Å². The fraction of sp³-hybridized carbons (Fsp3) is 0.750. The predicted octanol–water partition coefficient (Wildman–Crippen LogP) is 0.00360.